The number of benzene rings is 1. The summed E-state index contributed by atoms with van der Waals surface area (Å²) in [5.74, 6) is 0.455. The molecule has 1 aromatic rings. The molecule has 0 amide bonds. The van der Waals surface area contributed by atoms with Crippen molar-refractivity contribution < 1.29 is 19.4 Å². The highest BCUT2D eigenvalue weighted by atomic mass is 32.2. The van der Waals surface area contributed by atoms with E-state index >= 15 is 0 Å². The molecule has 1 heterocycles. The lowest BCUT2D eigenvalue weighted by atomic mass is 10.3. The maximum atomic E-state index is 10.8. The zero-order valence-corrected chi connectivity index (χ0v) is 9.41. The summed E-state index contributed by atoms with van der Waals surface area (Å²) >= 11 is 1.22. The van der Waals surface area contributed by atoms with Crippen molar-refractivity contribution in [1.82, 2.24) is 5.32 Å². The number of hydrogen-bond donors (Lipinski definition) is 2. The van der Waals surface area contributed by atoms with Crippen LogP contribution in [-0.2, 0) is 4.79 Å². The molecule has 1 aliphatic rings. The van der Waals surface area contributed by atoms with E-state index in [0.29, 0.717) is 11.5 Å². The molecule has 0 spiro atoms. The van der Waals surface area contributed by atoms with Gasteiger partial charge in [-0.05, 0) is 25.2 Å². The first kappa shape index (κ1) is 11.1. The molecule has 2 rings (SSSR count). The Labute approximate surface area is 96.7 Å². The van der Waals surface area contributed by atoms with Gasteiger partial charge in [-0.3, -0.25) is 5.32 Å². The second-order valence-electron chi connectivity index (χ2n) is 3.14. The summed E-state index contributed by atoms with van der Waals surface area (Å²) in [4.78, 5) is 11.7. The zero-order valence-electron chi connectivity index (χ0n) is 8.60. The minimum atomic E-state index is -0.898. The SMILES string of the molecule is CNC(Sc1ccc2c(c1)OCO2)C(=O)O. The second kappa shape index (κ2) is 4.63. The van der Waals surface area contributed by atoms with Crippen molar-refractivity contribution in [2.24, 2.45) is 0 Å². The summed E-state index contributed by atoms with van der Waals surface area (Å²) in [6, 6.07) is 5.37. The zero-order chi connectivity index (χ0) is 11.5. The smallest absolute Gasteiger partial charge is 0.331 e. The highest BCUT2D eigenvalue weighted by Gasteiger charge is 2.19. The molecule has 0 radical (unpaired) electrons. The molecular formula is C10H11NO4S. The van der Waals surface area contributed by atoms with Crippen LogP contribution < -0.4 is 14.8 Å². The lowest BCUT2D eigenvalue weighted by Gasteiger charge is -2.10. The van der Waals surface area contributed by atoms with Crippen LogP contribution in [0.3, 0.4) is 0 Å². The first-order valence-electron chi connectivity index (χ1n) is 4.67. The van der Waals surface area contributed by atoms with E-state index in [1.165, 1.54) is 11.8 Å². The maximum Gasteiger partial charge on any atom is 0.331 e. The molecule has 1 atom stereocenters. The van der Waals surface area contributed by atoms with Crippen molar-refractivity contribution >= 4 is 17.7 Å². The molecule has 2 N–H and O–H groups in total. The Balaban J connectivity index is 2.13. The first-order valence-corrected chi connectivity index (χ1v) is 5.55. The summed E-state index contributed by atoms with van der Waals surface area (Å²) in [7, 11) is 1.61. The van der Waals surface area contributed by atoms with Crippen LogP contribution in [0.1, 0.15) is 0 Å². The fourth-order valence-corrected chi connectivity index (χ4v) is 2.13. The van der Waals surface area contributed by atoms with E-state index in [0.717, 1.165) is 4.90 Å². The topological polar surface area (TPSA) is 67.8 Å². The van der Waals surface area contributed by atoms with Gasteiger partial charge in [-0.2, -0.15) is 0 Å². The Hall–Kier alpha value is -1.40. The molecule has 0 aromatic heterocycles. The molecule has 6 heteroatoms. The van der Waals surface area contributed by atoms with E-state index in [9.17, 15) is 4.79 Å². The number of ether oxygens (including phenoxy) is 2. The molecule has 0 bridgehead atoms. The van der Waals surface area contributed by atoms with Crippen molar-refractivity contribution in [3.05, 3.63) is 18.2 Å². The van der Waals surface area contributed by atoms with E-state index in [4.69, 9.17) is 14.6 Å². The number of rotatable bonds is 4. The molecule has 5 nitrogen and oxygen atoms in total. The Morgan fingerprint density at radius 1 is 1.50 bits per heavy atom. The van der Waals surface area contributed by atoms with Crippen LogP contribution in [0.2, 0.25) is 0 Å². The number of likely N-dealkylation sites (N-methyl/N-ethyl adjacent to an activating group) is 1. The average Bonchev–Trinajstić information content (AvgIpc) is 2.72. The molecule has 1 aliphatic heterocycles. The molecule has 0 saturated heterocycles. The molecular weight excluding hydrogens is 230 g/mol. The summed E-state index contributed by atoms with van der Waals surface area (Å²) < 4.78 is 10.4. The van der Waals surface area contributed by atoms with Crippen molar-refractivity contribution in [3.8, 4) is 11.5 Å². The summed E-state index contributed by atoms with van der Waals surface area (Å²) in [6.45, 7) is 0.220. The Morgan fingerprint density at radius 3 is 2.94 bits per heavy atom. The number of hydrogen-bond acceptors (Lipinski definition) is 5. The molecule has 1 unspecified atom stereocenters. The van der Waals surface area contributed by atoms with Gasteiger partial charge in [-0.1, -0.05) is 11.8 Å². The number of carboxylic acids is 1. The minimum absolute atomic E-state index is 0.220. The molecule has 1 aromatic carbocycles. The van der Waals surface area contributed by atoms with Gasteiger partial charge in [0.1, 0.15) is 0 Å². The third kappa shape index (κ3) is 2.23. The number of fused-ring (bicyclic) bond motifs is 1. The van der Waals surface area contributed by atoms with E-state index in [-0.39, 0.29) is 6.79 Å². The van der Waals surface area contributed by atoms with E-state index in [1.807, 2.05) is 6.07 Å². The van der Waals surface area contributed by atoms with Crippen molar-refractivity contribution in [2.75, 3.05) is 13.8 Å². The van der Waals surface area contributed by atoms with Crippen molar-refractivity contribution in [3.63, 3.8) is 0 Å². The van der Waals surface area contributed by atoms with Crippen LogP contribution >= 0.6 is 11.8 Å². The molecule has 0 saturated carbocycles. The number of carbonyl (C=O) groups is 1. The van der Waals surface area contributed by atoms with Crippen molar-refractivity contribution in [2.45, 2.75) is 10.3 Å². The standard InChI is InChI=1S/C10H11NO4S/c1-11-9(10(12)13)16-6-2-3-7-8(4-6)15-5-14-7/h2-4,9,11H,5H2,1H3,(H,12,13). The number of thioether (sulfide) groups is 1. The van der Waals surface area contributed by atoms with E-state index in [1.54, 1.807) is 19.2 Å². The van der Waals surface area contributed by atoms with Crippen LogP contribution in [-0.4, -0.2) is 30.3 Å². The Kier molecular flexibility index (Phi) is 3.21. The second-order valence-corrected chi connectivity index (χ2v) is 4.32. The normalized spacial score (nSPS) is 14.8. The molecule has 0 fully saturated rings. The highest BCUT2D eigenvalue weighted by Crippen LogP contribution is 2.36. The highest BCUT2D eigenvalue weighted by molar-refractivity contribution is 8.00. The number of nitrogens with one attached hydrogen (secondary N) is 1. The lowest BCUT2D eigenvalue weighted by molar-refractivity contribution is -0.136. The van der Waals surface area contributed by atoms with Gasteiger partial charge in [0.05, 0.1) is 0 Å². The van der Waals surface area contributed by atoms with Crippen LogP contribution in [0.4, 0.5) is 0 Å². The maximum absolute atomic E-state index is 10.8. The number of carboxylic acid groups (broad SMARTS) is 1. The van der Waals surface area contributed by atoms with E-state index in [2.05, 4.69) is 5.32 Å². The third-order valence-electron chi connectivity index (χ3n) is 2.08. The van der Waals surface area contributed by atoms with Crippen LogP contribution in [0.5, 0.6) is 11.5 Å². The number of aliphatic carboxylic acids is 1. The fraction of sp³-hybridized carbons (Fsp3) is 0.300. The summed E-state index contributed by atoms with van der Waals surface area (Å²) in [5.41, 5.74) is 0. The van der Waals surface area contributed by atoms with Gasteiger partial charge in [0.25, 0.3) is 0 Å². The predicted octanol–water partition coefficient (Wildman–Crippen LogP) is 1.14. The van der Waals surface area contributed by atoms with Gasteiger partial charge < -0.3 is 14.6 Å². The summed E-state index contributed by atoms with van der Waals surface area (Å²) in [6.07, 6.45) is 0. The quantitative estimate of drug-likeness (QED) is 0.608. The Morgan fingerprint density at radius 2 is 2.25 bits per heavy atom. The van der Waals surface area contributed by atoms with E-state index < -0.39 is 11.3 Å². The summed E-state index contributed by atoms with van der Waals surface area (Å²) in [5, 5.41) is 10.9. The lowest BCUT2D eigenvalue weighted by Crippen LogP contribution is -2.30. The first-order chi connectivity index (χ1) is 7.70. The molecule has 16 heavy (non-hydrogen) atoms. The van der Waals surface area contributed by atoms with Gasteiger partial charge in [-0.15, -0.1) is 0 Å². The molecule has 0 aliphatic carbocycles. The monoisotopic (exact) mass is 241 g/mol. The van der Waals surface area contributed by atoms with Crippen LogP contribution in [0, 0.1) is 0 Å². The van der Waals surface area contributed by atoms with Crippen LogP contribution in [0.15, 0.2) is 23.1 Å². The fourth-order valence-electron chi connectivity index (χ4n) is 1.32. The van der Waals surface area contributed by atoms with Crippen LogP contribution in [0.25, 0.3) is 0 Å². The average molecular weight is 241 g/mol. The largest absolute Gasteiger partial charge is 0.479 e. The van der Waals surface area contributed by atoms with Gasteiger partial charge in [0, 0.05) is 4.90 Å². The van der Waals surface area contributed by atoms with Gasteiger partial charge in [0.15, 0.2) is 16.9 Å². The van der Waals surface area contributed by atoms with Gasteiger partial charge >= 0.3 is 5.97 Å². The minimum Gasteiger partial charge on any atom is -0.479 e. The molecule has 86 valence electrons. The van der Waals surface area contributed by atoms with Gasteiger partial charge in [-0.25, -0.2) is 4.79 Å². The Bertz CT molecular complexity index is 410. The third-order valence-corrected chi connectivity index (χ3v) is 3.28. The van der Waals surface area contributed by atoms with Gasteiger partial charge in [0.2, 0.25) is 6.79 Å². The predicted molar refractivity (Wildman–Crippen MR) is 58.9 cm³/mol. The van der Waals surface area contributed by atoms with Crippen molar-refractivity contribution in [1.29, 1.82) is 0 Å².